The molecule has 0 saturated heterocycles. The number of anilines is 1. The average molecular weight is 698 g/mol. The summed E-state index contributed by atoms with van der Waals surface area (Å²) < 4.78 is 16.0. The second kappa shape index (κ2) is 17.2. The number of ether oxygens (including phenoxy) is 3. The zero-order valence-electron chi connectivity index (χ0n) is 29.5. The summed E-state index contributed by atoms with van der Waals surface area (Å²) in [5.41, 5.74) is 1.77. The van der Waals surface area contributed by atoms with Crippen LogP contribution >= 0.6 is 0 Å². The summed E-state index contributed by atoms with van der Waals surface area (Å²) in [6, 6.07) is 11.7. The molecule has 0 fully saturated rings. The Morgan fingerprint density at radius 2 is 1.14 bits per heavy atom. The fraction of sp³-hybridized carbons (Fsp3) is 0.333. The fourth-order valence-electron chi connectivity index (χ4n) is 4.70. The normalized spacial score (nSPS) is 15.5. The van der Waals surface area contributed by atoms with Crippen LogP contribution in [0.1, 0.15) is 71.2 Å². The lowest BCUT2D eigenvalue weighted by Gasteiger charge is -2.24. The van der Waals surface area contributed by atoms with Gasteiger partial charge in [0.1, 0.15) is 17.3 Å². The summed E-state index contributed by atoms with van der Waals surface area (Å²) in [5.74, 6) is -2.23. The van der Waals surface area contributed by atoms with Crippen molar-refractivity contribution in [3.05, 3.63) is 101 Å². The number of rotatable bonds is 12. The monoisotopic (exact) mass is 697 g/mol. The topological polar surface area (TPSA) is 166 Å². The minimum Gasteiger partial charge on any atom is -0.431 e. The van der Waals surface area contributed by atoms with Crippen LogP contribution in [0.15, 0.2) is 95.4 Å². The summed E-state index contributed by atoms with van der Waals surface area (Å²) in [6.45, 7) is 10.4. The summed E-state index contributed by atoms with van der Waals surface area (Å²) in [5, 5.41) is 8.55. The van der Waals surface area contributed by atoms with Gasteiger partial charge in [-0.15, -0.1) is 0 Å². The number of benzene rings is 2. The average Bonchev–Trinajstić information content (AvgIpc) is 3.09. The predicted molar refractivity (Wildman–Crippen MR) is 189 cm³/mol. The molecule has 1 unspecified atom stereocenters. The minimum absolute atomic E-state index is 0.112. The number of allylic oxidation sites excluding steroid dienone is 4. The van der Waals surface area contributed by atoms with E-state index in [-0.39, 0.29) is 41.7 Å². The molecular formula is C39H43N3O9. The Labute approximate surface area is 297 Å². The molecule has 0 radical (unpaired) electrons. The molecule has 12 nitrogen and oxygen atoms in total. The molecule has 2 aromatic rings. The number of nitrogens with one attached hydrogen (secondary N) is 3. The van der Waals surface area contributed by atoms with E-state index in [1.54, 1.807) is 90.1 Å². The van der Waals surface area contributed by atoms with E-state index in [0.717, 1.165) is 0 Å². The van der Waals surface area contributed by atoms with Gasteiger partial charge in [0.2, 0.25) is 0 Å². The van der Waals surface area contributed by atoms with Crippen molar-refractivity contribution in [1.29, 1.82) is 0 Å². The molecule has 268 valence electrons. The van der Waals surface area contributed by atoms with E-state index in [9.17, 15) is 28.8 Å². The van der Waals surface area contributed by atoms with Gasteiger partial charge in [-0.2, -0.15) is 0 Å². The first-order chi connectivity index (χ1) is 24.2. The molecule has 0 heterocycles. The van der Waals surface area contributed by atoms with E-state index in [1.165, 1.54) is 24.3 Å². The van der Waals surface area contributed by atoms with Crippen LogP contribution in [-0.4, -0.2) is 41.7 Å². The zero-order chi connectivity index (χ0) is 37.2. The third-order valence-electron chi connectivity index (χ3n) is 7.73. The van der Waals surface area contributed by atoms with E-state index in [4.69, 9.17) is 14.2 Å². The summed E-state index contributed by atoms with van der Waals surface area (Å²) in [7, 11) is 0. The van der Waals surface area contributed by atoms with Crippen LogP contribution in [0.5, 0.6) is 11.5 Å². The van der Waals surface area contributed by atoms with Crippen LogP contribution < -0.4 is 25.4 Å². The second-order valence-electron chi connectivity index (χ2n) is 13.1. The highest BCUT2D eigenvalue weighted by Crippen LogP contribution is 2.24. The van der Waals surface area contributed by atoms with Crippen molar-refractivity contribution in [3.8, 4) is 11.5 Å². The molecule has 12 heteroatoms. The van der Waals surface area contributed by atoms with Crippen LogP contribution in [0.4, 0.5) is 5.69 Å². The Morgan fingerprint density at radius 1 is 0.608 bits per heavy atom. The fourth-order valence-corrected chi connectivity index (χ4v) is 4.70. The second-order valence-corrected chi connectivity index (χ2v) is 13.1. The number of carbonyl (C=O) groups excluding carboxylic acids is 6. The van der Waals surface area contributed by atoms with Gasteiger partial charge in [0.25, 0.3) is 17.7 Å². The summed E-state index contributed by atoms with van der Waals surface area (Å²) in [6.07, 6.45) is 7.19. The van der Waals surface area contributed by atoms with Crippen molar-refractivity contribution in [2.24, 2.45) is 17.8 Å². The molecule has 0 bridgehead atoms. The van der Waals surface area contributed by atoms with Crippen LogP contribution in [0.3, 0.4) is 0 Å². The highest BCUT2D eigenvalue weighted by atomic mass is 16.5. The van der Waals surface area contributed by atoms with Gasteiger partial charge in [-0.05, 0) is 73.2 Å². The maximum absolute atomic E-state index is 13.5. The first kappa shape index (κ1) is 38.0. The molecule has 0 aromatic heterocycles. The van der Waals surface area contributed by atoms with Gasteiger partial charge in [-0.25, -0.2) is 0 Å². The summed E-state index contributed by atoms with van der Waals surface area (Å²) >= 11 is 0. The highest BCUT2D eigenvalue weighted by Gasteiger charge is 2.25. The number of amides is 3. The van der Waals surface area contributed by atoms with E-state index in [0.29, 0.717) is 52.6 Å². The predicted octanol–water partition coefficient (Wildman–Crippen LogP) is 5.68. The lowest BCUT2D eigenvalue weighted by Crippen LogP contribution is -2.38. The van der Waals surface area contributed by atoms with Gasteiger partial charge < -0.3 is 30.2 Å². The molecule has 3 amide bonds. The first-order valence-corrected chi connectivity index (χ1v) is 16.8. The van der Waals surface area contributed by atoms with E-state index in [2.05, 4.69) is 16.0 Å². The molecule has 0 spiro atoms. The highest BCUT2D eigenvalue weighted by molar-refractivity contribution is 6.05. The molecule has 3 N–H and O–H groups in total. The lowest BCUT2D eigenvalue weighted by atomic mass is 9.96. The molecule has 0 saturated carbocycles. The maximum atomic E-state index is 13.5. The molecule has 2 aromatic carbocycles. The van der Waals surface area contributed by atoms with Crippen molar-refractivity contribution in [1.82, 2.24) is 10.6 Å². The van der Waals surface area contributed by atoms with Crippen molar-refractivity contribution in [3.63, 3.8) is 0 Å². The quantitative estimate of drug-likeness (QED) is 0.187. The molecule has 51 heavy (non-hydrogen) atoms. The minimum atomic E-state index is -0.683. The summed E-state index contributed by atoms with van der Waals surface area (Å²) in [4.78, 5) is 75.8. The molecule has 2 aliphatic rings. The van der Waals surface area contributed by atoms with Gasteiger partial charge in [0, 0.05) is 40.9 Å². The van der Waals surface area contributed by atoms with Gasteiger partial charge in [-0.3, -0.25) is 28.8 Å². The molecular weight excluding hydrogens is 654 g/mol. The van der Waals surface area contributed by atoms with Crippen LogP contribution in [0, 0.1) is 17.8 Å². The standard InChI is InChI=1S/C39H43N3O9/c1-22(2)37(46)49-31-13-7-25(8-14-31)34(43)41-29-19-27(36(45)40-28-11-17-33(18-12-28)51-39(48)24(5)6)20-30(21-29)42-35(44)26-9-15-32(16-10-26)50-38(47)23(3)4/h7-9,11-15,17-18,20-24,29H,10,16,19H2,1-6H3,(H,40,45)(H,41,43)(H,42,44). The van der Waals surface area contributed by atoms with Gasteiger partial charge in [0.05, 0.1) is 23.8 Å². The number of esters is 3. The van der Waals surface area contributed by atoms with E-state index in [1.807, 2.05) is 0 Å². The van der Waals surface area contributed by atoms with Crippen molar-refractivity contribution in [2.75, 3.05) is 5.32 Å². The Balaban J connectivity index is 1.50. The number of hydrogen-bond acceptors (Lipinski definition) is 9. The third kappa shape index (κ3) is 11.1. The molecule has 4 rings (SSSR count). The van der Waals surface area contributed by atoms with Crippen molar-refractivity contribution in [2.45, 2.75) is 66.8 Å². The van der Waals surface area contributed by atoms with Gasteiger partial charge in [0.15, 0.2) is 0 Å². The SMILES string of the molecule is CC(C)C(=O)OC1=CC=C(C(=O)NC2=CC(NC(=O)c3ccc(OC(=O)C(C)C)cc3)CC(C(=O)Nc3ccc(OC(=O)C(C)C)cc3)=C2)CC1. The van der Waals surface area contributed by atoms with E-state index < -0.39 is 29.7 Å². The molecule has 2 aliphatic carbocycles. The molecule has 1 atom stereocenters. The smallest absolute Gasteiger partial charge is 0.313 e. The Bertz CT molecular complexity index is 1800. The van der Waals surface area contributed by atoms with Crippen LogP contribution in [-0.2, 0) is 28.7 Å². The Kier molecular flexibility index (Phi) is 12.9. The zero-order valence-corrected chi connectivity index (χ0v) is 29.5. The molecule has 0 aliphatic heterocycles. The number of carbonyl (C=O) groups is 6. The van der Waals surface area contributed by atoms with Gasteiger partial charge in [-0.1, -0.05) is 47.6 Å². The Hall–Kier alpha value is -5.78. The van der Waals surface area contributed by atoms with Crippen LogP contribution in [0.25, 0.3) is 0 Å². The third-order valence-corrected chi connectivity index (χ3v) is 7.73. The van der Waals surface area contributed by atoms with Crippen molar-refractivity contribution >= 4 is 41.3 Å². The first-order valence-electron chi connectivity index (χ1n) is 16.8. The largest absolute Gasteiger partial charge is 0.431 e. The van der Waals surface area contributed by atoms with Crippen LogP contribution in [0.2, 0.25) is 0 Å². The van der Waals surface area contributed by atoms with Crippen molar-refractivity contribution < 1.29 is 43.0 Å². The Morgan fingerprint density at radius 3 is 1.67 bits per heavy atom. The van der Waals surface area contributed by atoms with E-state index >= 15 is 0 Å². The van der Waals surface area contributed by atoms with Gasteiger partial charge >= 0.3 is 17.9 Å². The maximum Gasteiger partial charge on any atom is 0.313 e. The number of hydrogen-bond donors (Lipinski definition) is 3. The lowest BCUT2D eigenvalue weighted by molar-refractivity contribution is -0.143.